The third kappa shape index (κ3) is 5.98. The van der Waals surface area contributed by atoms with Crippen molar-refractivity contribution in [3.63, 3.8) is 0 Å². The van der Waals surface area contributed by atoms with Crippen LogP contribution in [0.15, 0.2) is 59.7 Å². The standard InChI is InChI=1S/C21H25FN4O/c1-17(19-7-9-20(22)10-8-19)23-24-21(27)16-26-13-11-25(12-14-26)15-18-5-3-2-4-6-18/h2-10H,11-16H2,1H3,(H,24,27)/b23-17+. The van der Waals surface area contributed by atoms with Crippen LogP contribution in [-0.4, -0.2) is 54.1 Å². The van der Waals surface area contributed by atoms with Gasteiger partial charge >= 0.3 is 0 Å². The highest BCUT2D eigenvalue weighted by molar-refractivity contribution is 5.99. The Kier molecular flexibility index (Phi) is 6.68. The summed E-state index contributed by atoms with van der Waals surface area (Å²) in [5.74, 6) is -0.421. The normalized spacial score (nSPS) is 16.3. The minimum atomic E-state index is -0.290. The van der Waals surface area contributed by atoms with Crippen LogP contribution in [0.2, 0.25) is 0 Å². The monoisotopic (exact) mass is 368 g/mol. The third-order valence-corrected chi connectivity index (χ3v) is 4.69. The van der Waals surface area contributed by atoms with Gasteiger partial charge in [0.1, 0.15) is 5.82 Å². The second kappa shape index (κ2) is 9.39. The molecule has 0 bridgehead atoms. The molecular weight excluding hydrogens is 343 g/mol. The zero-order valence-corrected chi connectivity index (χ0v) is 15.6. The van der Waals surface area contributed by atoms with Gasteiger partial charge < -0.3 is 0 Å². The van der Waals surface area contributed by atoms with Crippen molar-refractivity contribution >= 4 is 11.6 Å². The van der Waals surface area contributed by atoms with Crippen molar-refractivity contribution in [2.75, 3.05) is 32.7 Å². The van der Waals surface area contributed by atoms with Gasteiger partial charge in [0, 0.05) is 32.7 Å². The summed E-state index contributed by atoms with van der Waals surface area (Å²) in [4.78, 5) is 16.7. The number of benzene rings is 2. The fraction of sp³-hybridized carbons (Fsp3) is 0.333. The van der Waals surface area contributed by atoms with Crippen LogP contribution in [0.1, 0.15) is 18.1 Å². The summed E-state index contributed by atoms with van der Waals surface area (Å²) in [6.07, 6.45) is 0. The van der Waals surface area contributed by atoms with Crippen LogP contribution in [0.5, 0.6) is 0 Å². The molecule has 0 unspecified atom stereocenters. The summed E-state index contributed by atoms with van der Waals surface area (Å²) in [5.41, 5.74) is 5.34. The van der Waals surface area contributed by atoms with Crippen LogP contribution in [-0.2, 0) is 11.3 Å². The van der Waals surface area contributed by atoms with Crippen LogP contribution in [0.3, 0.4) is 0 Å². The molecule has 1 N–H and O–H groups in total. The number of hydrazone groups is 1. The molecule has 0 saturated carbocycles. The summed E-state index contributed by atoms with van der Waals surface area (Å²) < 4.78 is 13.0. The lowest BCUT2D eigenvalue weighted by molar-refractivity contribution is -0.122. The lowest BCUT2D eigenvalue weighted by atomic mass is 10.1. The van der Waals surface area contributed by atoms with E-state index < -0.39 is 0 Å². The first kappa shape index (κ1) is 19.2. The Morgan fingerprint density at radius 2 is 1.63 bits per heavy atom. The average Bonchev–Trinajstić information content (AvgIpc) is 2.69. The van der Waals surface area contributed by atoms with Gasteiger partial charge in [0.15, 0.2) is 0 Å². The van der Waals surface area contributed by atoms with Gasteiger partial charge in [0.2, 0.25) is 0 Å². The van der Waals surface area contributed by atoms with Crippen LogP contribution >= 0.6 is 0 Å². The number of carbonyl (C=O) groups is 1. The molecule has 2 aromatic carbocycles. The topological polar surface area (TPSA) is 47.9 Å². The van der Waals surface area contributed by atoms with Gasteiger partial charge in [-0.25, -0.2) is 9.82 Å². The molecule has 1 aliphatic heterocycles. The molecule has 1 aliphatic rings. The highest BCUT2D eigenvalue weighted by Crippen LogP contribution is 2.08. The van der Waals surface area contributed by atoms with E-state index in [1.807, 2.05) is 6.07 Å². The van der Waals surface area contributed by atoms with Crippen LogP contribution < -0.4 is 5.43 Å². The highest BCUT2D eigenvalue weighted by Gasteiger charge is 2.18. The van der Waals surface area contributed by atoms with E-state index in [4.69, 9.17) is 0 Å². The fourth-order valence-corrected chi connectivity index (χ4v) is 3.09. The summed E-state index contributed by atoms with van der Waals surface area (Å²) in [5, 5.41) is 4.12. The Bertz CT molecular complexity index is 769. The van der Waals surface area contributed by atoms with Gasteiger partial charge in [-0.15, -0.1) is 0 Å². The minimum Gasteiger partial charge on any atom is -0.297 e. The zero-order valence-electron chi connectivity index (χ0n) is 15.6. The molecule has 0 atom stereocenters. The molecule has 1 saturated heterocycles. The first-order valence-electron chi connectivity index (χ1n) is 9.18. The largest absolute Gasteiger partial charge is 0.297 e. The maximum Gasteiger partial charge on any atom is 0.254 e. The molecular formula is C21H25FN4O. The SMILES string of the molecule is C/C(=N\NC(=O)CN1CCN(Cc2ccccc2)CC1)c1ccc(F)cc1. The van der Waals surface area contributed by atoms with E-state index in [0.717, 1.165) is 38.3 Å². The second-order valence-electron chi connectivity index (χ2n) is 6.78. The van der Waals surface area contributed by atoms with E-state index >= 15 is 0 Å². The van der Waals surface area contributed by atoms with E-state index in [1.165, 1.54) is 17.7 Å². The molecule has 0 aromatic heterocycles. The first-order chi connectivity index (χ1) is 13.1. The van der Waals surface area contributed by atoms with Crippen molar-refractivity contribution in [2.24, 2.45) is 5.10 Å². The van der Waals surface area contributed by atoms with Gasteiger partial charge in [-0.05, 0) is 30.2 Å². The lowest BCUT2D eigenvalue weighted by Gasteiger charge is -2.34. The van der Waals surface area contributed by atoms with E-state index in [1.54, 1.807) is 19.1 Å². The fourth-order valence-electron chi connectivity index (χ4n) is 3.09. The summed E-state index contributed by atoms with van der Waals surface area (Å²) >= 11 is 0. The predicted molar refractivity (Wildman–Crippen MR) is 105 cm³/mol. The zero-order chi connectivity index (χ0) is 19.1. The third-order valence-electron chi connectivity index (χ3n) is 4.69. The van der Waals surface area contributed by atoms with E-state index in [-0.39, 0.29) is 11.7 Å². The Balaban J connectivity index is 1.41. The highest BCUT2D eigenvalue weighted by atomic mass is 19.1. The molecule has 0 spiro atoms. The second-order valence-corrected chi connectivity index (χ2v) is 6.78. The number of piperazine rings is 1. The van der Waals surface area contributed by atoms with Crippen molar-refractivity contribution in [1.29, 1.82) is 0 Å². The van der Waals surface area contributed by atoms with Crippen molar-refractivity contribution in [3.05, 3.63) is 71.5 Å². The summed E-state index contributed by atoms with van der Waals surface area (Å²) in [6, 6.07) is 16.5. The van der Waals surface area contributed by atoms with Crippen LogP contribution in [0.25, 0.3) is 0 Å². The predicted octanol–water partition coefficient (Wildman–Crippen LogP) is 2.48. The first-order valence-corrected chi connectivity index (χ1v) is 9.18. The lowest BCUT2D eigenvalue weighted by Crippen LogP contribution is -2.48. The number of amides is 1. The van der Waals surface area contributed by atoms with E-state index in [9.17, 15) is 9.18 Å². The molecule has 1 heterocycles. The molecule has 142 valence electrons. The number of hydrogen-bond acceptors (Lipinski definition) is 4. The number of nitrogens with zero attached hydrogens (tertiary/aromatic N) is 3. The maximum absolute atomic E-state index is 13.0. The van der Waals surface area contributed by atoms with E-state index in [2.05, 4.69) is 44.6 Å². The molecule has 5 nitrogen and oxygen atoms in total. The molecule has 0 aliphatic carbocycles. The molecule has 3 rings (SSSR count). The molecule has 0 radical (unpaired) electrons. The minimum absolute atomic E-state index is 0.132. The van der Waals surface area contributed by atoms with Crippen molar-refractivity contribution < 1.29 is 9.18 Å². The number of carbonyl (C=O) groups excluding carboxylic acids is 1. The Morgan fingerprint density at radius 3 is 2.30 bits per heavy atom. The Morgan fingerprint density at radius 1 is 1.00 bits per heavy atom. The van der Waals surface area contributed by atoms with E-state index in [0.29, 0.717) is 12.3 Å². The number of rotatable bonds is 6. The summed E-state index contributed by atoms with van der Waals surface area (Å²) in [6.45, 7) is 6.68. The number of hydrogen-bond donors (Lipinski definition) is 1. The molecule has 1 amide bonds. The molecule has 2 aromatic rings. The van der Waals surface area contributed by atoms with Gasteiger partial charge in [-0.2, -0.15) is 5.10 Å². The number of halogens is 1. The molecule has 27 heavy (non-hydrogen) atoms. The van der Waals surface area contributed by atoms with Gasteiger partial charge in [-0.3, -0.25) is 14.6 Å². The van der Waals surface area contributed by atoms with Crippen molar-refractivity contribution in [1.82, 2.24) is 15.2 Å². The quantitative estimate of drug-likeness (QED) is 0.630. The average molecular weight is 368 g/mol. The van der Waals surface area contributed by atoms with Gasteiger partial charge in [0.05, 0.1) is 12.3 Å². The van der Waals surface area contributed by atoms with Crippen molar-refractivity contribution in [2.45, 2.75) is 13.5 Å². The van der Waals surface area contributed by atoms with Gasteiger partial charge in [-0.1, -0.05) is 42.5 Å². The smallest absolute Gasteiger partial charge is 0.254 e. The number of nitrogens with one attached hydrogen (secondary N) is 1. The molecule has 6 heteroatoms. The Hall–Kier alpha value is -2.57. The van der Waals surface area contributed by atoms with Crippen molar-refractivity contribution in [3.8, 4) is 0 Å². The van der Waals surface area contributed by atoms with Crippen LogP contribution in [0.4, 0.5) is 4.39 Å². The van der Waals surface area contributed by atoms with Gasteiger partial charge in [0.25, 0.3) is 5.91 Å². The van der Waals surface area contributed by atoms with Crippen LogP contribution in [0, 0.1) is 5.82 Å². The molecule has 1 fully saturated rings. The Labute approximate surface area is 159 Å². The summed E-state index contributed by atoms with van der Waals surface area (Å²) in [7, 11) is 0. The maximum atomic E-state index is 13.0.